The van der Waals surface area contributed by atoms with Gasteiger partial charge in [0, 0.05) is 22.3 Å². The van der Waals surface area contributed by atoms with Crippen molar-refractivity contribution in [2.24, 2.45) is 0 Å². The summed E-state index contributed by atoms with van der Waals surface area (Å²) in [6, 6.07) is 18.4. The zero-order valence-corrected chi connectivity index (χ0v) is 18.6. The van der Waals surface area contributed by atoms with Crippen LogP contribution in [-0.2, 0) is 0 Å². The lowest BCUT2D eigenvalue weighted by atomic mass is 10.1. The van der Waals surface area contributed by atoms with Gasteiger partial charge in [0.15, 0.2) is 11.6 Å². The van der Waals surface area contributed by atoms with Crippen LogP contribution < -0.4 is 0 Å². The maximum absolute atomic E-state index is 5.94. The number of hydrogen-bond acceptors (Lipinski definition) is 5. The standard InChI is InChI=1S/C28H23N5O/c1-4-10-20(11-5-1)25-29-30-26(33(25)24-14-8-3-9-15-24)21-16-18-23(19-17-21)28-32-31-27(34-28)22-12-6-2-7-13-22/h1,3-6,8-14,16-19,24H,2,7,15H2. The molecule has 1 atom stereocenters. The first-order valence-corrected chi connectivity index (χ1v) is 11.5. The van der Waals surface area contributed by atoms with Gasteiger partial charge >= 0.3 is 0 Å². The maximum Gasteiger partial charge on any atom is 0.248 e. The average molecular weight is 446 g/mol. The van der Waals surface area contributed by atoms with E-state index in [9.17, 15) is 0 Å². The highest BCUT2D eigenvalue weighted by Gasteiger charge is 2.21. The van der Waals surface area contributed by atoms with Gasteiger partial charge in [0.05, 0.1) is 6.04 Å². The van der Waals surface area contributed by atoms with E-state index in [1.165, 1.54) is 0 Å². The lowest BCUT2D eigenvalue weighted by Gasteiger charge is -2.20. The molecule has 0 saturated heterocycles. The van der Waals surface area contributed by atoms with Crippen LogP contribution in [0.4, 0.5) is 0 Å². The van der Waals surface area contributed by atoms with Gasteiger partial charge in [0.2, 0.25) is 11.8 Å². The van der Waals surface area contributed by atoms with Crippen LogP contribution in [0.3, 0.4) is 0 Å². The molecule has 0 radical (unpaired) electrons. The van der Waals surface area contributed by atoms with E-state index in [2.05, 4.69) is 73.6 Å². The quantitative estimate of drug-likeness (QED) is 0.353. The zero-order valence-electron chi connectivity index (χ0n) is 18.6. The normalized spacial score (nSPS) is 17.2. The Hall–Kier alpha value is -4.32. The van der Waals surface area contributed by atoms with Crippen LogP contribution in [0, 0.1) is 0 Å². The summed E-state index contributed by atoms with van der Waals surface area (Å²) in [6.45, 7) is 0. The molecule has 34 heavy (non-hydrogen) atoms. The minimum absolute atomic E-state index is 0.153. The van der Waals surface area contributed by atoms with Gasteiger partial charge in [-0.1, -0.05) is 85.0 Å². The second-order valence-corrected chi connectivity index (χ2v) is 8.33. The Morgan fingerprint density at radius 2 is 1.44 bits per heavy atom. The van der Waals surface area contributed by atoms with Crippen molar-refractivity contribution in [2.75, 3.05) is 0 Å². The summed E-state index contributed by atoms with van der Waals surface area (Å²) in [5.41, 5.74) is 3.89. The van der Waals surface area contributed by atoms with E-state index in [1.807, 2.05) is 48.5 Å². The molecule has 6 rings (SSSR count). The first-order chi connectivity index (χ1) is 16.9. The summed E-state index contributed by atoms with van der Waals surface area (Å²) >= 11 is 0. The Morgan fingerprint density at radius 3 is 2.15 bits per heavy atom. The second-order valence-electron chi connectivity index (χ2n) is 8.33. The second kappa shape index (κ2) is 8.90. The lowest BCUT2D eigenvalue weighted by molar-refractivity contribution is 0.554. The van der Waals surface area contributed by atoms with Gasteiger partial charge in [0.25, 0.3) is 0 Å². The topological polar surface area (TPSA) is 69.6 Å². The Morgan fingerprint density at radius 1 is 0.706 bits per heavy atom. The molecule has 0 bridgehead atoms. The minimum atomic E-state index is 0.153. The van der Waals surface area contributed by atoms with Crippen molar-refractivity contribution in [1.29, 1.82) is 0 Å². The van der Waals surface area contributed by atoms with Crippen molar-refractivity contribution in [2.45, 2.75) is 25.3 Å². The maximum atomic E-state index is 5.94. The number of hydrogen-bond donors (Lipinski definition) is 0. The van der Waals surface area contributed by atoms with Crippen molar-refractivity contribution in [3.05, 3.63) is 103 Å². The van der Waals surface area contributed by atoms with Crippen molar-refractivity contribution in [3.8, 4) is 34.2 Å². The van der Waals surface area contributed by atoms with E-state index in [-0.39, 0.29) is 6.04 Å². The van der Waals surface area contributed by atoms with Gasteiger partial charge in [0.1, 0.15) is 0 Å². The molecule has 166 valence electrons. The van der Waals surface area contributed by atoms with Crippen LogP contribution in [0.1, 0.15) is 31.2 Å². The molecule has 2 heterocycles. The molecule has 0 fully saturated rings. The summed E-state index contributed by atoms with van der Waals surface area (Å²) in [5, 5.41) is 17.7. The molecule has 1 unspecified atom stereocenters. The Bertz CT molecular complexity index is 1420. The van der Waals surface area contributed by atoms with Crippen molar-refractivity contribution < 1.29 is 4.42 Å². The van der Waals surface area contributed by atoms with E-state index in [4.69, 9.17) is 4.42 Å². The highest BCUT2D eigenvalue weighted by Crippen LogP contribution is 2.33. The number of aromatic nitrogens is 5. The van der Waals surface area contributed by atoms with E-state index >= 15 is 0 Å². The molecule has 0 amide bonds. The highest BCUT2D eigenvalue weighted by atomic mass is 16.4. The average Bonchev–Trinajstić information content (AvgIpc) is 3.59. The van der Waals surface area contributed by atoms with E-state index in [0.29, 0.717) is 11.8 Å². The molecule has 4 aromatic rings. The molecule has 2 aromatic carbocycles. The van der Waals surface area contributed by atoms with Crippen LogP contribution in [0.5, 0.6) is 0 Å². The van der Waals surface area contributed by atoms with E-state index < -0.39 is 0 Å². The van der Waals surface area contributed by atoms with Gasteiger partial charge in [-0.2, -0.15) is 0 Å². The minimum Gasteiger partial charge on any atom is -0.416 e. The SMILES string of the molecule is C1=CCC(n2c(-c3ccccc3)nnc2-c2ccc(-c3nnc(C4=CCCC=C4)o3)cc2)C=C1. The number of rotatable bonds is 5. The fourth-order valence-corrected chi connectivity index (χ4v) is 4.34. The summed E-state index contributed by atoms with van der Waals surface area (Å²) in [5.74, 6) is 2.76. The lowest BCUT2D eigenvalue weighted by Crippen LogP contribution is -2.10. The third kappa shape index (κ3) is 3.83. The molecule has 6 nitrogen and oxygen atoms in total. The smallest absolute Gasteiger partial charge is 0.248 e. The van der Waals surface area contributed by atoms with Crippen LogP contribution in [0.15, 0.2) is 102 Å². The fourth-order valence-electron chi connectivity index (χ4n) is 4.34. The van der Waals surface area contributed by atoms with Crippen LogP contribution in [0.2, 0.25) is 0 Å². The van der Waals surface area contributed by atoms with E-state index in [1.54, 1.807) is 0 Å². The molecule has 2 aliphatic carbocycles. The molecule has 0 spiro atoms. The summed E-state index contributed by atoms with van der Waals surface area (Å²) < 4.78 is 8.16. The third-order valence-corrected chi connectivity index (χ3v) is 6.07. The number of allylic oxidation sites excluding steroid dienone is 8. The molecular formula is C28H23N5O. The molecule has 0 aliphatic heterocycles. The monoisotopic (exact) mass is 445 g/mol. The van der Waals surface area contributed by atoms with Gasteiger partial charge < -0.3 is 4.42 Å². The first-order valence-electron chi connectivity index (χ1n) is 11.5. The predicted molar refractivity (Wildman–Crippen MR) is 132 cm³/mol. The van der Waals surface area contributed by atoms with Gasteiger partial charge in [-0.05, 0) is 31.4 Å². The predicted octanol–water partition coefficient (Wildman–Crippen LogP) is 6.45. The summed E-state index contributed by atoms with van der Waals surface area (Å²) in [7, 11) is 0. The van der Waals surface area contributed by atoms with Crippen molar-refractivity contribution in [1.82, 2.24) is 25.0 Å². The zero-order chi connectivity index (χ0) is 22.7. The molecule has 6 heteroatoms. The summed E-state index contributed by atoms with van der Waals surface area (Å²) in [6.07, 6.45) is 17.8. The summed E-state index contributed by atoms with van der Waals surface area (Å²) in [4.78, 5) is 0. The Kier molecular flexibility index (Phi) is 5.32. The molecule has 0 saturated carbocycles. The van der Waals surface area contributed by atoms with E-state index in [0.717, 1.165) is 53.2 Å². The van der Waals surface area contributed by atoms with Crippen LogP contribution in [-0.4, -0.2) is 25.0 Å². The van der Waals surface area contributed by atoms with Gasteiger partial charge in [-0.15, -0.1) is 20.4 Å². The number of benzene rings is 2. The fraction of sp³-hybridized carbons (Fsp3) is 0.143. The van der Waals surface area contributed by atoms with Gasteiger partial charge in [-0.3, -0.25) is 4.57 Å². The highest BCUT2D eigenvalue weighted by molar-refractivity contribution is 5.70. The molecule has 2 aliphatic rings. The number of nitrogens with zero attached hydrogens (tertiary/aromatic N) is 5. The first kappa shape index (κ1) is 20.3. The third-order valence-electron chi connectivity index (χ3n) is 6.07. The Balaban J connectivity index is 1.35. The van der Waals surface area contributed by atoms with Crippen molar-refractivity contribution >= 4 is 5.57 Å². The van der Waals surface area contributed by atoms with Crippen molar-refractivity contribution in [3.63, 3.8) is 0 Å². The van der Waals surface area contributed by atoms with Crippen LogP contribution >= 0.6 is 0 Å². The van der Waals surface area contributed by atoms with Crippen LogP contribution in [0.25, 0.3) is 39.8 Å². The molecule has 2 aromatic heterocycles. The van der Waals surface area contributed by atoms with Gasteiger partial charge in [-0.25, -0.2) is 0 Å². The largest absolute Gasteiger partial charge is 0.416 e. The molecular weight excluding hydrogens is 422 g/mol. The Labute approximate surface area is 197 Å². The molecule has 0 N–H and O–H groups in total.